The molecule has 2 aromatic rings. The molecule has 1 heterocycles. The summed E-state index contributed by atoms with van der Waals surface area (Å²) in [4.78, 5) is 40.4. The van der Waals surface area contributed by atoms with E-state index >= 15 is 0 Å². The minimum atomic E-state index is -0.870. The molecule has 28 heavy (non-hydrogen) atoms. The van der Waals surface area contributed by atoms with Crippen LogP contribution in [0.15, 0.2) is 27.8 Å². The van der Waals surface area contributed by atoms with Crippen LogP contribution in [0.2, 0.25) is 0 Å². The molecule has 1 atom stereocenters. The predicted molar refractivity (Wildman–Crippen MR) is 102 cm³/mol. The molecule has 0 amide bonds. The fraction of sp³-hybridized carbons (Fsp3) is 0.421. The van der Waals surface area contributed by atoms with Gasteiger partial charge in [0.1, 0.15) is 23.0 Å². The second-order valence-corrected chi connectivity index (χ2v) is 7.20. The van der Waals surface area contributed by atoms with Crippen molar-refractivity contribution in [1.82, 2.24) is 14.5 Å². The summed E-state index contributed by atoms with van der Waals surface area (Å²) in [5, 5.41) is 0. The van der Waals surface area contributed by atoms with E-state index in [1.807, 2.05) is 13.8 Å². The number of halogens is 2. The van der Waals surface area contributed by atoms with Gasteiger partial charge in [-0.1, -0.05) is 13.8 Å². The first-order valence-electron chi connectivity index (χ1n) is 8.83. The number of ketones is 1. The summed E-state index contributed by atoms with van der Waals surface area (Å²) in [6.07, 6.45) is 0. The Morgan fingerprint density at radius 1 is 1.25 bits per heavy atom. The number of nitrogens with two attached hydrogens (primary N) is 1. The standard InChI is InChI=1S/C19H24F2N4O3/c1-10(2)8-25-17(22)16(18(27)23-19(25)28)15(26)9-24(4)11(3)13-7-12(20)5-6-14(13)21/h5-7,10-11H,8-9,22H2,1-4H3,(H,23,27,28). The maximum absolute atomic E-state index is 14.0. The van der Waals surface area contributed by atoms with Crippen molar-refractivity contribution < 1.29 is 13.6 Å². The molecule has 1 unspecified atom stereocenters. The minimum absolute atomic E-state index is 0.0625. The molecule has 1 aromatic carbocycles. The Morgan fingerprint density at radius 3 is 2.50 bits per heavy atom. The van der Waals surface area contributed by atoms with Crippen LogP contribution < -0.4 is 17.0 Å². The van der Waals surface area contributed by atoms with Gasteiger partial charge in [-0.2, -0.15) is 0 Å². The van der Waals surface area contributed by atoms with Crippen LogP contribution in [0.25, 0.3) is 0 Å². The van der Waals surface area contributed by atoms with Crippen molar-refractivity contribution in [1.29, 1.82) is 0 Å². The van der Waals surface area contributed by atoms with Crippen molar-refractivity contribution in [2.24, 2.45) is 5.92 Å². The number of carbonyl (C=O) groups is 1. The Balaban J connectivity index is 2.33. The number of hydrogen-bond donors (Lipinski definition) is 2. The largest absolute Gasteiger partial charge is 0.384 e. The lowest BCUT2D eigenvalue weighted by Crippen LogP contribution is -2.39. The molecular weight excluding hydrogens is 370 g/mol. The van der Waals surface area contributed by atoms with Crippen molar-refractivity contribution in [3.63, 3.8) is 0 Å². The van der Waals surface area contributed by atoms with Gasteiger partial charge in [-0.15, -0.1) is 0 Å². The topological polar surface area (TPSA) is 101 Å². The van der Waals surface area contributed by atoms with Crippen LogP contribution in [0.4, 0.5) is 14.6 Å². The van der Waals surface area contributed by atoms with Gasteiger partial charge in [0, 0.05) is 18.2 Å². The molecule has 9 heteroatoms. The van der Waals surface area contributed by atoms with Crippen LogP contribution >= 0.6 is 0 Å². The van der Waals surface area contributed by atoms with E-state index in [0.29, 0.717) is 0 Å². The smallest absolute Gasteiger partial charge is 0.329 e. The number of rotatable bonds is 7. The SMILES string of the molecule is CC(C)Cn1c(N)c(C(=O)CN(C)C(C)c2cc(F)ccc2F)c(=O)[nH]c1=O. The minimum Gasteiger partial charge on any atom is -0.384 e. The lowest BCUT2D eigenvalue weighted by Gasteiger charge is -2.25. The van der Waals surface area contributed by atoms with Crippen LogP contribution in [-0.4, -0.2) is 33.8 Å². The van der Waals surface area contributed by atoms with E-state index in [4.69, 9.17) is 5.73 Å². The summed E-state index contributed by atoms with van der Waals surface area (Å²) in [7, 11) is 1.54. The molecule has 1 aromatic heterocycles. The van der Waals surface area contributed by atoms with Crippen LogP contribution in [0, 0.1) is 17.6 Å². The third kappa shape index (κ3) is 4.53. The second-order valence-electron chi connectivity index (χ2n) is 7.20. The van der Waals surface area contributed by atoms with Crippen molar-refractivity contribution >= 4 is 11.6 Å². The molecule has 0 spiro atoms. The first kappa shape index (κ1) is 21.5. The van der Waals surface area contributed by atoms with Gasteiger partial charge in [-0.3, -0.25) is 24.0 Å². The van der Waals surface area contributed by atoms with E-state index < -0.39 is 34.7 Å². The number of nitrogen functional groups attached to an aromatic ring is 1. The maximum atomic E-state index is 14.0. The van der Waals surface area contributed by atoms with Gasteiger partial charge in [0.25, 0.3) is 5.56 Å². The number of benzene rings is 1. The summed E-state index contributed by atoms with van der Waals surface area (Å²) in [6, 6.07) is 2.45. The zero-order valence-corrected chi connectivity index (χ0v) is 16.3. The van der Waals surface area contributed by atoms with Crippen molar-refractivity contribution in [2.45, 2.75) is 33.4 Å². The first-order valence-corrected chi connectivity index (χ1v) is 8.83. The number of Topliss-reactive ketones (excluding diaryl/α,β-unsaturated/α-hetero) is 1. The molecule has 3 N–H and O–H groups in total. The van der Waals surface area contributed by atoms with E-state index in [2.05, 4.69) is 4.98 Å². The average molecular weight is 394 g/mol. The summed E-state index contributed by atoms with van der Waals surface area (Å²) in [5.41, 5.74) is 4.15. The molecule has 0 radical (unpaired) electrons. The molecule has 0 saturated carbocycles. The Kier molecular flexibility index (Phi) is 6.50. The highest BCUT2D eigenvalue weighted by Crippen LogP contribution is 2.23. The summed E-state index contributed by atoms with van der Waals surface area (Å²) < 4.78 is 28.6. The third-order valence-corrected chi connectivity index (χ3v) is 4.53. The van der Waals surface area contributed by atoms with E-state index in [9.17, 15) is 23.2 Å². The lowest BCUT2D eigenvalue weighted by atomic mass is 10.1. The summed E-state index contributed by atoms with van der Waals surface area (Å²) >= 11 is 0. The quantitative estimate of drug-likeness (QED) is 0.699. The van der Waals surface area contributed by atoms with Gasteiger partial charge in [0.15, 0.2) is 5.78 Å². The molecule has 152 valence electrons. The predicted octanol–water partition coefficient (Wildman–Crippen LogP) is 1.93. The number of aromatic amines is 1. The van der Waals surface area contributed by atoms with E-state index in [1.54, 1.807) is 14.0 Å². The highest BCUT2D eigenvalue weighted by molar-refractivity contribution is 6.01. The number of anilines is 1. The third-order valence-electron chi connectivity index (χ3n) is 4.53. The van der Waals surface area contributed by atoms with E-state index in [0.717, 1.165) is 22.8 Å². The number of carbonyl (C=O) groups excluding carboxylic acids is 1. The fourth-order valence-electron chi connectivity index (χ4n) is 2.92. The van der Waals surface area contributed by atoms with Gasteiger partial charge >= 0.3 is 5.69 Å². The van der Waals surface area contributed by atoms with Crippen LogP contribution in [0.5, 0.6) is 0 Å². The zero-order chi connectivity index (χ0) is 21.2. The highest BCUT2D eigenvalue weighted by atomic mass is 19.1. The number of likely N-dealkylation sites (N-methyl/N-ethyl adjacent to an activating group) is 1. The monoisotopic (exact) mass is 394 g/mol. The van der Waals surface area contributed by atoms with Crippen LogP contribution in [0.3, 0.4) is 0 Å². The van der Waals surface area contributed by atoms with Gasteiger partial charge in [-0.25, -0.2) is 13.6 Å². The molecule has 0 aliphatic carbocycles. The fourth-order valence-corrected chi connectivity index (χ4v) is 2.92. The Morgan fingerprint density at radius 2 is 1.89 bits per heavy atom. The van der Waals surface area contributed by atoms with Gasteiger partial charge in [0.05, 0.1) is 6.54 Å². The average Bonchev–Trinajstić information content (AvgIpc) is 2.59. The van der Waals surface area contributed by atoms with Gasteiger partial charge < -0.3 is 5.73 Å². The van der Waals surface area contributed by atoms with Crippen molar-refractivity contribution in [2.75, 3.05) is 19.3 Å². The zero-order valence-electron chi connectivity index (χ0n) is 16.3. The van der Waals surface area contributed by atoms with Crippen LogP contribution in [0.1, 0.15) is 42.7 Å². The van der Waals surface area contributed by atoms with Gasteiger partial charge in [0.2, 0.25) is 0 Å². The molecule has 0 saturated heterocycles. The van der Waals surface area contributed by atoms with Crippen LogP contribution in [-0.2, 0) is 6.54 Å². The molecule has 0 bridgehead atoms. The van der Waals surface area contributed by atoms with E-state index in [-0.39, 0.29) is 36.0 Å². The molecule has 2 rings (SSSR count). The summed E-state index contributed by atoms with van der Waals surface area (Å²) in [5.74, 6) is -1.96. The number of nitrogens with zero attached hydrogens (tertiary/aromatic N) is 2. The Bertz CT molecular complexity index is 998. The molecule has 0 aliphatic rings. The Hall–Kier alpha value is -2.81. The highest BCUT2D eigenvalue weighted by Gasteiger charge is 2.24. The summed E-state index contributed by atoms with van der Waals surface area (Å²) in [6.45, 7) is 5.30. The normalized spacial score (nSPS) is 12.6. The first-order chi connectivity index (χ1) is 13.0. The van der Waals surface area contributed by atoms with Crippen molar-refractivity contribution in [3.8, 4) is 0 Å². The number of nitrogens with one attached hydrogen (secondary N) is 1. The number of aromatic nitrogens is 2. The Labute approximate surface area is 160 Å². The molecular formula is C19H24F2N4O3. The van der Waals surface area contributed by atoms with Crippen molar-refractivity contribution in [3.05, 3.63) is 61.8 Å². The van der Waals surface area contributed by atoms with Gasteiger partial charge in [-0.05, 0) is 38.1 Å². The number of hydrogen-bond acceptors (Lipinski definition) is 5. The molecule has 7 nitrogen and oxygen atoms in total. The molecule has 0 aliphatic heterocycles. The molecule has 0 fully saturated rings. The number of H-pyrrole nitrogens is 1. The lowest BCUT2D eigenvalue weighted by molar-refractivity contribution is 0.0922. The van der Waals surface area contributed by atoms with E-state index in [1.165, 1.54) is 4.90 Å². The maximum Gasteiger partial charge on any atom is 0.329 e. The second kappa shape index (κ2) is 8.47.